The van der Waals surface area contributed by atoms with Crippen molar-refractivity contribution in [2.45, 2.75) is 0 Å². The second kappa shape index (κ2) is 8.35. The molecular formula is C13H11FeNO2-6. The van der Waals surface area contributed by atoms with Gasteiger partial charge in [0.15, 0.2) is 0 Å². The van der Waals surface area contributed by atoms with E-state index in [1.54, 1.807) is 18.2 Å². The summed E-state index contributed by atoms with van der Waals surface area (Å²) >= 11 is 0. The summed E-state index contributed by atoms with van der Waals surface area (Å²) < 4.78 is 4.45. The fourth-order valence-electron chi connectivity index (χ4n) is 1.13. The summed E-state index contributed by atoms with van der Waals surface area (Å²) in [6, 6.07) is 16.7. The van der Waals surface area contributed by atoms with Gasteiger partial charge in [-0.05, 0) is 11.6 Å². The number of carbonyl (C=O) groups is 1. The van der Waals surface area contributed by atoms with Gasteiger partial charge in [-0.2, -0.15) is 12.1 Å². The molecule has 17 heavy (non-hydrogen) atoms. The summed E-state index contributed by atoms with van der Waals surface area (Å²) in [4.78, 5) is 10.9. The van der Waals surface area contributed by atoms with Gasteiger partial charge in [-0.25, -0.2) is 0 Å². The molecule has 0 saturated heterocycles. The minimum absolute atomic E-state index is 0. The van der Waals surface area contributed by atoms with Gasteiger partial charge in [-0.15, -0.1) is 6.07 Å². The maximum Gasteiger partial charge on any atom is 0.295 e. The number of ether oxygens (including phenoxy) is 1. The molecule has 3 nitrogen and oxygen atoms in total. The van der Waals surface area contributed by atoms with Crippen molar-refractivity contribution in [1.82, 2.24) is 0 Å². The van der Waals surface area contributed by atoms with Crippen molar-refractivity contribution in [3.05, 3.63) is 59.7 Å². The largest absolute Gasteiger partial charge is 0.748 e. The van der Waals surface area contributed by atoms with E-state index in [2.05, 4.69) is 4.74 Å². The van der Waals surface area contributed by atoms with Crippen LogP contribution in [0.25, 0.3) is 0 Å². The van der Waals surface area contributed by atoms with Gasteiger partial charge in [0, 0.05) is 17.1 Å². The van der Waals surface area contributed by atoms with E-state index in [9.17, 15) is 4.79 Å². The summed E-state index contributed by atoms with van der Waals surface area (Å²) in [6.45, 7) is 0. The van der Waals surface area contributed by atoms with Crippen molar-refractivity contribution in [2.75, 3.05) is 7.11 Å². The fourth-order valence-corrected chi connectivity index (χ4v) is 1.13. The summed E-state index contributed by atoms with van der Waals surface area (Å²) in [5.41, 5.74) is 0.687. The Balaban J connectivity index is 0.000000360. The Morgan fingerprint density at radius 2 is 1.88 bits per heavy atom. The molecule has 0 aliphatic carbocycles. The van der Waals surface area contributed by atoms with Crippen LogP contribution in [-0.2, 0) is 21.8 Å². The van der Waals surface area contributed by atoms with Crippen LogP contribution in [0.3, 0.4) is 0 Å². The Labute approximate surface area is 111 Å². The first-order valence-electron chi connectivity index (χ1n) is 4.70. The molecule has 0 saturated carbocycles. The minimum atomic E-state index is -0.466. The van der Waals surface area contributed by atoms with E-state index in [1.807, 2.05) is 36.4 Å². The van der Waals surface area contributed by atoms with E-state index in [0.29, 0.717) is 11.1 Å². The van der Waals surface area contributed by atoms with Gasteiger partial charge in [0.25, 0.3) is 5.97 Å². The third-order valence-electron chi connectivity index (χ3n) is 1.90. The molecular weight excluding hydrogens is 258 g/mol. The normalized spacial score (nSPS) is 8.00. The van der Waals surface area contributed by atoms with Crippen molar-refractivity contribution in [2.24, 2.45) is 0 Å². The molecule has 0 heterocycles. The second-order valence-corrected chi connectivity index (χ2v) is 2.92. The average molecular weight is 269 g/mol. The molecule has 2 aromatic rings. The summed E-state index contributed by atoms with van der Waals surface area (Å²) in [5.74, 6) is -0.466. The van der Waals surface area contributed by atoms with Crippen molar-refractivity contribution in [3.63, 3.8) is 0 Å². The van der Waals surface area contributed by atoms with Gasteiger partial charge in [0.2, 0.25) is 0 Å². The maximum atomic E-state index is 10.9. The number of nitrogens with zero attached hydrogens (tertiary/aromatic N) is 1. The van der Waals surface area contributed by atoms with Gasteiger partial charge < -0.3 is 35.1 Å². The quantitative estimate of drug-likeness (QED) is 0.454. The van der Waals surface area contributed by atoms with E-state index >= 15 is 0 Å². The Morgan fingerprint density at radius 3 is 2.29 bits per heavy atom. The van der Waals surface area contributed by atoms with Crippen LogP contribution in [0.2, 0.25) is 0 Å². The first kappa shape index (κ1) is 15.2. The van der Waals surface area contributed by atoms with E-state index in [0.717, 1.165) is 0 Å². The zero-order valence-corrected chi connectivity index (χ0v) is 10.3. The molecule has 0 N–H and O–H groups in total. The average Bonchev–Trinajstić information content (AvgIpc) is 3.00. The van der Waals surface area contributed by atoms with E-state index in [4.69, 9.17) is 5.26 Å². The zero-order chi connectivity index (χ0) is 11.8. The molecule has 94 valence electrons. The van der Waals surface area contributed by atoms with E-state index < -0.39 is 5.97 Å². The molecule has 2 rings (SSSR count). The van der Waals surface area contributed by atoms with Crippen molar-refractivity contribution < 1.29 is 26.6 Å². The Bertz CT molecular complexity index is 449. The molecule has 0 aliphatic rings. The van der Waals surface area contributed by atoms with E-state index in [1.165, 1.54) is 7.11 Å². The SMILES string of the molecule is COC(=O)[c-]1cccc1C#N.[Fe].[cH-]1[cH-][cH-][cH-][cH-]1. The summed E-state index contributed by atoms with van der Waals surface area (Å²) in [7, 11) is 1.29. The van der Waals surface area contributed by atoms with Crippen LogP contribution in [0, 0.1) is 11.3 Å². The number of esters is 1. The van der Waals surface area contributed by atoms with Crippen molar-refractivity contribution in [1.29, 1.82) is 5.26 Å². The number of nitriles is 1. The second-order valence-electron chi connectivity index (χ2n) is 2.92. The Morgan fingerprint density at radius 1 is 1.35 bits per heavy atom. The molecule has 0 bridgehead atoms. The predicted octanol–water partition coefficient (Wildman–Crippen LogP) is 2.47. The molecule has 0 aliphatic heterocycles. The van der Waals surface area contributed by atoms with Crippen LogP contribution in [0.4, 0.5) is 0 Å². The zero-order valence-electron chi connectivity index (χ0n) is 9.24. The minimum Gasteiger partial charge on any atom is -0.748 e. The van der Waals surface area contributed by atoms with Gasteiger partial charge >= 0.3 is 0 Å². The summed E-state index contributed by atoms with van der Waals surface area (Å²) in [5, 5.41) is 8.49. The summed E-state index contributed by atoms with van der Waals surface area (Å²) in [6.07, 6.45) is 0. The number of hydrogen-bond donors (Lipinski definition) is 0. The number of methoxy groups -OCH3 is 1. The molecule has 0 spiro atoms. The van der Waals surface area contributed by atoms with Gasteiger partial charge in [-0.3, -0.25) is 10.1 Å². The third-order valence-corrected chi connectivity index (χ3v) is 1.90. The van der Waals surface area contributed by atoms with Crippen molar-refractivity contribution in [3.8, 4) is 6.07 Å². The maximum absolute atomic E-state index is 10.9. The number of carbonyl (C=O) groups excluding carboxylic acids is 1. The molecule has 2 aromatic carbocycles. The standard InChI is InChI=1S/C8H6NO2.C5H5.Fe/c1-11-8(10)7-4-2-3-6(7)5-9;1-2-4-5-3-1;/h2-4H,1H3;1-5H;/q-1;-5;. The fraction of sp³-hybridized carbons (Fsp3) is 0.0769. The molecule has 0 radical (unpaired) electrons. The number of hydrogen-bond acceptors (Lipinski definition) is 3. The topological polar surface area (TPSA) is 50.1 Å². The smallest absolute Gasteiger partial charge is 0.295 e. The predicted molar refractivity (Wildman–Crippen MR) is 60.1 cm³/mol. The van der Waals surface area contributed by atoms with Crippen LogP contribution in [0.1, 0.15) is 15.9 Å². The first-order valence-corrected chi connectivity index (χ1v) is 4.70. The van der Waals surface area contributed by atoms with Crippen LogP contribution in [0.5, 0.6) is 0 Å². The van der Waals surface area contributed by atoms with Gasteiger partial charge in [0.05, 0.1) is 7.11 Å². The molecule has 0 fully saturated rings. The van der Waals surface area contributed by atoms with Crippen LogP contribution >= 0.6 is 0 Å². The molecule has 0 unspecified atom stereocenters. The molecule has 4 heteroatoms. The molecule has 0 aromatic heterocycles. The van der Waals surface area contributed by atoms with Crippen LogP contribution in [0.15, 0.2) is 48.5 Å². The van der Waals surface area contributed by atoms with Crippen molar-refractivity contribution >= 4 is 5.97 Å². The first-order chi connectivity index (χ1) is 7.79. The molecule has 0 atom stereocenters. The Hall–Kier alpha value is -1.82. The molecule has 0 amide bonds. The van der Waals surface area contributed by atoms with Gasteiger partial charge in [-0.1, -0.05) is 5.56 Å². The van der Waals surface area contributed by atoms with Gasteiger partial charge in [0.1, 0.15) is 0 Å². The third kappa shape index (κ3) is 4.69. The number of rotatable bonds is 1. The Kier molecular flexibility index (Phi) is 7.45. The van der Waals surface area contributed by atoms with E-state index in [-0.39, 0.29) is 17.1 Å². The van der Waals surface area contributed by atoms with Crippen LogP contribution in [-0.4, -0.2) is 13.1 Å². The van der Waals surface area contributed by atoms with Crippen LogP contribution < -0.4 is 0 Å². The monoisotopic (exact) mass is 269 g/mol.